The molecule has 0 spiro atoms. The molecule has 0 aromatic heterocycles. The van der Waals surface area contributed by atoms with Crippen molar-refractivity contribution >= 4 is 18.6 Å². The topological polar surface area (TPSA) is 37.3 Å². The van der Waals surface area contributed by atoms with Crippen LogP contribution in [0.2, 0.25) is 0 Å². The number of benzene rings is 1. The first-order valence-corrected chi connectivity index (χ1v) is 4.15. The fraction of sp³-hybridized carbons (Fsp3) is 0.222. The molecule has 0 aliphatic heterocycles. The third-order valence-electron chi connectivity index (χ3n) is 1.70. The zero-order valence-corrected chi connectivity index (χ0v) is 7.94. The van der Waals surface area contributed by atoms with Crippen LogP contribution in [0.5, 0.6) is 0 Å². The first-order valence-electron chi connectivity index (χ1n) is 3.70. The van der Waals surface area contributed by atoms with Gasteiger partial charge in [-0.05, 0) is 24.1 Å². The van der Waals surface area contributed by atoms with Gasteiger partial charge in [-0.1, -0.05) is 6.07 Å². The molecule has 1 N–H and O–H groups in total. The zero-order chi connectivity index (χ0) is 10.0. The number of hydrogen-bond donors (Lipinski definition) is 2. The van der Waals surface area contributed by atoms with Crippen LogP contribution < -0.4 is 0 Å². The van der Waals surface area contributed by atoms with Gasteiger partial charge in [0.1, 0.15) is 5.82 Å². The maximum atomic E-state index is 12.9. The quantitative estimate of drug-likeness (QED) is 0.717. The average Bonchev–Trinajstić information content (AvgIpc) is 1.99. The van der Waals surface area contributed by atoms with E-state index < -0.39 is 5.97 Å². The summed E-state index contributed by atoms with van der Waals surface area (Å²) < 4.78 is 12.9. The predicted molar refractivity (Wildman–Crippen MR) is 49.7 cm³/mol. The van der Waals surface area contributed by atoms with Crippen molar-refractivity contribution in [2.75, 3.05) is 0 Å². The number of hydrogen-bond acceptors (Lipinski definition) is 2. The van der Waals surface area contributed by atoms with E-state index in [0.29, 0.717) is 16.0 Å². The Bertz CT molecular complexity index is 350. The summed E-state index contributed by atoms with van der Waals surface area (Å²) in [4.78, 5) is 10.8. The normalized spacial score (nSPS) is 10.1. The van der Waals surface area contributed by atoms with Crippen molar-refractivity contribution in [3.05, 3.63) is 29.1 Å². The molecular weight excluding hydrogens is 191 g/mol. The van der Waals surface area contributed by atoms with E-state index in [4.69, 9.17) is 5.11 Å². The molecule has 0 amide bonds. The highest BCUT2D eigenvalue weighted by Gasteiger charge is 2.07. The van der Waals surface area contributed by atoms with Crippen molar-refractivity contribution in [2.24, 2.45) is 0 Å². The molecule has 0 heterocycles. The van der Waals surface area contributed by atoms with Crippen LogP contribution in [0.1, 0.15) is 11.1 Å². The van der Waals surface area contributed by atoms with Crippen molar-refractivity contribution < 1.29 is 14.3 Å². The minimum Gasteiger partial charge on any atom is -0.481 e. The van der Waals surface area contributed by atoms with Crippen molar-refractivity contribution in [2.45, 2.75) is 18.2 Å². The third kappa shape index (κ3) is 2.45. The Morgan fingerprint density at radius 3 is 2.77 bits per heavy atom. The highest BCUT2D eigenvalue weighted by molar-refractivity contribution is 7.80. The molecule has 0 atom stereocenters. The molecule has 0 radical (unpaired) electrons. The Kier molecular flexibility index (Phi) is 2.93. The molecule has 0 aliphatic carbocycles. The molecular formula is C9H9FO2S. The first-order chi connectivity index (χ1) is 6.00. The molecule has 13 heavy (non-hydrogen) atoms. The average molecular weight is 200 g/mol. The fourth-order valence-corrected chi connectivity index (χ4v) is 1.29. The summed E-state index contributed by atoms with van der Waals surface area (Å²) in [6.45, 7) is 1.59. The second kappa shape index (κ2) is 3.79. The number of halogens is 1. The van der Waals surface area contributed by atoms with Crippen LogP contribution in [-0.4, -0.2) is 11.1 Å². The molecule has 70 valence electrons. The van der Waals surface area contributed by atoms with Crippen LogP contribution in [0.15, 0.2) is 17.0 Å². The van der Waals surface area contributed by atoms with E-state index in [-0.39, 0.29) is 12.2 Å². The van der Waals surface area contributed by atoms with E-state index in [0.717, 1.165) is 0 Å². The summed E-state index contributed by atoms with van der Waals surface area (Å²) >= 11 is 3.99. The molecule has 0 unspecified atom stereocenters. The van der Waals surface area contributed by atoms with E-state index in [1.165, 1.54) is 12.1 Å². The van der Waals surface area contributed by atoms with Crippen molar-refractivity contribution in [1.29, 1.82) is 0 Å². The lowest BCUT2D eigenvalue weighted by Gasteiger charge is -2.04. The number of carboxylic acid groups (broad SMARTS) is 1. The molecule has 4 heteroatoms. The summed E-state index contributed by atoms with van der Waals surface area (Å²) in [5, 5.41) is 8.52. The summed E-state index contributed by atoms with van der Waals surface area (Å²) in [6, 6.07) is 2.74. The van der Waals surface area contributed by atoms with Gasteiger partial charge in [-0.3, -0.25) is 4.79 Å². The number of carboxylic acids is 1. The number of aryl methyl sites for hydroxylation is 1. The molecule has 2 nitrogen and oxygen atoms in total. The highest BCUT2D eigenvalue weighted by atomic mass is 32.1. The Balaban J connectivity index is 3.08. The fourth-order valence-electron chi connectivity index (χ4n) is 1.04. The lowest BCUT2D eigenvalue weighted by Crippen LogP contribution is -2.02. The summed E-state index contributed by atoms with van der Waals surface area (Å²) in [6.07, 6.45) is -0.125. The van der Waals surface area contributed by atoms with Crippen LogP contribution in [0.4, 0.5) is 4.39 Å². The molecule has 1 aromatic carbocycles. The molecule has 0 aliphatic rings. The molecule has 1 rings (SSSR count). The van der Waals surface area contributed by atoms with Gasteiger partial charge >= 0.3 is 5.97 Å². The van der Waals surface area contributed by atoms with Gasteiger partial charge < -0.3 is 5.11 Å². The number of rotatable bonds is 2. The van der Waals surface area contributed by atoms with Gasteiger partial charge in [-0.2, -0.15) is 0 Å². The van der Waals surface area contributed by atoms with Crippen LogP contribution in [0.3, 0.4) is 0 Å². The molecule has 0 bridgehead atoms. The summed E-state index contributed by atoms with van der Waals surface area (Å²) in [5.74, 6) is -1.31. The van der Waals surface area contributed by atoms with Crippen LogP contribution in [0.25, 0.3) is 0 Å². The van der Waals surface area contributed by atoms with Crippen molar-refractivity contribution in [1.82, 2.24) is 0 Å². The second-order valence-corrected chi connectivity index (χ2v) is 3.28. The molecule has 0 saturated carbocycles. The van der Waals surface area contributed by atoms with E-state index in [9.17, 15) is 9.18 Å². The highest BCUT2D eigenvalue weighted by Crippen LogP contribution is 2.19. The summed E-state index contributed by atoms with van der Waals surface area (Å²) in [7, 11) is 0. The summed E-state index contributed by atoms with van der Waals surface area (Å²) in [5.41, 5.74) is 0.976. The lowest BCUT2D eigenvalue weighted by molar-refractivity contribution is -0.136. The number of carbonyl (C=O) groups is 1. The monoisotopic (exact) mass is 200 g/mol. The van der Waals surface area contributed by atoms with E-state index in [1.807, 2.05) is 0 Å². The van der Waals surface area contributed by atoms with Crippen molar-refractivity contribution in [3.63, 3.8) is 0 Å². The van der Waals surface area contributed by atoms with Gasteiger partial charge in [0.05, 0.1) is 6.42 Å². The van der Waals surface area contributed by atoms with Gasteiger partial charge in [-0.15, -0.1) is 12.6 Å². The zero-order valence-electron chi connectivity index (χ0n) is 7.04. The van der Waals surface area contributed by atoms with E-state index >= 15 is 0 Å². The minimum absolute atomic E-state index is 0.125. The van der Waals surface area contributed by atoms with E-state index in [1.54, 1.807) is 6.92 Å². The first kappa shape index (κ1) is 10.1. The molecule has 0 fully saturated rings. The minimum atomic E-state index is -0.943. The largest absolute Gasteiger partial charge is 0.481 e. The smallest absolute Gasteiger partial charge is 0.307 e. The number of thiol groups is 1. The van der Waals surface area contributed by atoms with Gasteiger partial charge in [0.25, 0.3) is 0 Å². The maximum Gasteiger partial charge on any atom is 0.307 e. The Morgan fingerprint density at radius 1 is 1.62 bits per heavy atom. The van der Waals surface area contributed by atoms with Crippen molar-refractivity contribution in [3.8, 4) is 0 Å². The maximum absolute atomic E-state index is 12.9. The van der Waals surface area contributed by atoms with E-state index in [2.05, 4.69) is 12.6 Å². The molecule has 0 saturated heterocycles. The van der Waals surface area contributed by atoms with Gasteiger partial charge in [0, 0.05) is 4.90 Å². The Labute approximate surface area is 80.8 Å². The van der Waals surface area contributed by atoms with Crippen LogP contribution >= 0.6 is 12.6 Å². The van der Waals surface area contributed by atoms with Crippen LogP contribution in [0, 0.1) is 12.7 Å². The lowest BCUT2D eigenvalue weighted by atomic mass is 10.1. The van der Waals surface area contributed by atoms with Crippen LogP contribution in [-0.2, 0) is 11.2 Å². The predicted octanol–water partition coefficient (Wildman–Crippen LogP) is 2.05. The van der Waals surface area contributed by atoms with Gasteiger partial charge in [0.15, 0.2) is 0 Å². The SMILES string of the molecule is Cc1cc(CC(=O)O)c(S)cc1F. The number of aliphatic carboxylic acids is 1. The standard InChI is InChI=1S/C9H9FO2S/c1-5-2-6(3-9(11)12)8(13)4-7(5)10/h2,4,13H,3H2,1H3,(H,11,12). The third-order valence-corrected chi connectivity index (χ3v) is 2.12. The Morgan fingerprint density at radius 2 is 2.23 bits per heavy atom. The molecule has 1 aromatic rings. The second-order valence-electron chi connectivity index (χ2n) is 2.80. The van der Waals surface area contributed by atoms with Gasteiger partial charge in [0.2, 0.25) is 0 Å². The van der Waals surface area contributed by atoms with Gasteiger partial charge in [-0.25, -0.2) is 4.39 Å². The Hall–Kier alpha value is -1.03.